The summed E-state index contributed by atoms with van der Waals surface area (Å²) in [5, 5.41) is 5.85. The minimum Gasteiger partial charge on any atom is -0.354 e. The molecule has 0 fully saturated rings. The summed E-state index contributed by atoms with van der Waals surface area (Å²) in [6.07, 6.45) is 3.09. The Kier molecular flexibility index (Phi) is 4.87. The average molecular weight is 287 g/mol. The summed E-state index contributed by atoms with van der Waals surface area (Å²) >= 11 is 0. The highest BCUT2D eigenvalue weighted by Crippen LogP contribution is 2.17. The second-order valence-corrected chi connectivity index (χ2v) is 5.20. The Hall–Kier alpha value is -2.43. The second-order valence-electron chi connectivity index (χ2n) is 5.20. The predicted octanol–water partition coefficient (Wildman–Crippen LogP) is 3.35. The van der Waals surface area contributed by atoms with Gasteiger partial charge in [-0.3, -0.25) is 9.78 Å². The summed E-state index contributed by atoms with van der Waals surface area (Å²) in [4.78, 5) is 16.0. The quantitative estimate of drug-likeness (QED) is 0.886. The van der Waals surface area contributed by atoms with E-state index >= 15 is 0 Å². The minimum absolute atomic E-state index is 0.168. The number of benzene rings is 1. The molecule has 0 aliphatic carbocycles. The van der Waals surface area contributed by atoms with Gasteiger partial charge in [0.1, 0.15) is 5.82 Å². The van der Waals surface area contributed by atoms with Gasteiger partial charge < -0.3 is 10.6 Å². The van der Waals surface area contributed by atoms with Crippen molar-refractivity contribution in [3.63, 3.8) is 0 Å². The molecule has 0 aliphatic heterocycles. The van der Waals surface area contributed by atoms with Gasteiger partial charge in [0.25, 0.3) is 5.91 Å². The summed E-state index contributed by atoms with van der Waals surface area (Å²) in [7, 11) is 0. The average Bonchev–Trinajstić information content (AvgIpc) is 2.45. The first-order valence-electron chi connectivity index (χ1n) is 6.80. The number of hydrogen-bond donors (Lipinski definition) is 2. The third-order valence-electron chi connectivity index (χ3n) is 2.78. The molecular formula is C16H18FN3O. The van der Waals surface area contributed by atoms with E-state index in [0.29, 0.717) is 29.4 Å². The number of hydrogen-bond acceptors (Lipinski definition) is 3. The van der Waals surface area contributed by atoms with Crippen LogP contribution in [0, 0.1) is 11.7 Å². The molecule has 2 aromatic rings. The zero-order chi connectivity index (χ0) is 15.2. The first-order valence-corrected chi connectivity index (χ1v) is 6.80. The zero-order valence-electron chi connectivity index (χ0n) is 12.1. The number of halogens is 1. The first-order chi connectivity index (χ1) is 10.0. The van der Waals surface area contributed by atoms with Crippen molar-refractivity contribution in [3.8, 4) is 0 Å². The van der Waals surface area contributed by atoms with Crippen LogP contribution in [0.2, 0.25) is 0 Å². The van der Waals surface area contributed by atoms with Gasteiger partial charge in [0.05, 0.1) is 17.4 Å². The highest BCUT2D eigenvalue weighted by atomic mass is 19.1. The smallest absolute Gasteiger partial charge is 0.252 e. The van der Waals surface area contributed by atoms with Crippen molar-refractivity contribution < 1.29 is 9.18 Å². The summed E-state index contributed by atoms with van der Waals surface area (Å²) in [5.41, 5.74) is 1.71. The number of aromatic nitrogens is 1. The molecule has 1 aromatic heterocycles. The van der Waals surface area contributed by atoms with E-state index in [2.05, 4.69) is 15.6 Å². The molecule has 0 aliphatic rings. The highest BCUT2D eigenvalue weighted by Gasteiger charge is 2.07. The normalized spacial score (nSPS) is 10.5. The number of carbonyl (C=O) groups excluding carboxylic acids is 1. The molecule has 2 N–H and O–H groups in total. The van der Waals surface area contributed by atoms with E-state index in [4.69, 9.17) is 0 Å². The molecule has 0 saturated carbocycles. The van der Waals surface area contributed by atoms with Crippen LogP contribution in [0.1, 0.15) is 24.2 Å². The Balaban J connectivity index is 2.08. The van der Waals surface area contributed by atoms with Crippen LogP contribution >= 0.6 is 0 Å². The standard InChI is InChI=1S/C16H18FN3O/c1-11(2)8-19-16(21)12-6-15(10-18-9-12)20-14-5-3-4-13(17)7-14/h3-7,9-11,20H,8H2,1-2H3,(H,19,21). The van der Waals surface area contributed by atoms with Crippen molar-refractivity contribution in [1.82, 2.24) is 10.3 Å². The van der Waals surface area contributed by atoms with Crippen LogP contribution in [0.4, 0.5) is 15.8 Å². The topological polar surface area (TPSA) is 54.0 Å². The highest BCUT2D eigenvalue weighted by molar-refractivity contribution is 5.94. The van der Waals surface area contributed by atoms with Gasteiger partial charge in [-0.15, -0.1) is 0 Å². The summed E-state index contributed by atoms with van der Waals surface area (Å²) in [6.45, 7) is 4.67. The Labute approximate surface area is 123 Å². The van der Waals surface area contributed by atoms with Gasteiger partial charge in [0.15, 0.2) is 0 Å². The molecule has 21 heavy (non-hydrogen) atoms. The number of anilines is 2. The lowest BCUT2D eigenvalue weighted by Gasteiger charge is -2.10. The van der Waals surface area contributed by atoms with Crippen LogP contribution in [-0.2, 0) is 0 Å². The number of rotatable bonds is 5. The number of amides is 1. The van der Waals surface area contributed by atoms with Crippen molar-refractivity contribution in [3.05, 3.63) is 54.1 Å². The minimum atomic E-state index is -0.321. The van der Waals surface area contributed by atoms with E-state index in [1.165, 1.54) is 18.3 Å². The number of carbonyl (C=O) groups is 1. The largest absolute Gasteiger partial charge is 0.354 e. The molecule has 110 valence electrons. The van der Waals surface area contributed by atoms with Crippen LogP contribution < -0.4 is 10.6 Å². The Morgan fingerprint density at radius 1 is 1.24 bits per heavy atom. The maximum absolute atomic E-state index is 13.1. The maximum atomic E-state index is 13.1. The van der Waals surface area contributed by atoms with E-state index < -0.39 is 0 Å². The lowest BCUT2D eigenvalue weighted by Crippen LogP contribution is -2.27. The van der Waals surface area contributed by atoms with E-state index in [1.54, 1.807) is 24.4 Å². The number of pyridine rings is 1. The molecular weight excluding hydrogens is 269 g/mol. The van der Waals surface area contributed by atoms with Crippen molar-refractivity contribution in [2.24, 2.45) is 5.92 Å². The zero-order valence-corrected chi connectivity index (χ0v) is 12.1. The van der Waals surface area contributed by atoms with Gasteiger partial charge >= 0.3 is 0 Å². The van der Waals surface area contributed by atoms with Gasteiger partial charge in [0, 0.05) is 18.4 Å². The molecule has 0 bridgehead atoms. The van der Waals surface area contributed by atoms with Crippen molar-refractivity contribution >= 4 is 17.3 Å². The fraction of sp³-hybridized carbons (Fsp3) is 0.250. The molecule has 0 atom stereocenters. The third kappa shape index (κ3) is 4.56. The van der Waals surface area contributed by atoms with Crippen molar-refractivity contribution in [2.45, 2.75) is 13.8 Å². The molecule has 4 nitrogen and oxygen atoms in total. The van der Waals surface area contributed by atoms with E-state index in [1.807, 2.05) is 13.8 Å². The van der Waals surface area contributed by atoms with Crippen LogP contribution in [0.25, 0.3) is 0 Å². The van der Waals surface area contributed by atoms with Gasteiger partial charge in [-0.05, 0) is 30.2 Å². The summed E-state index contributed by atoms with van der Waals surface area (Å²) in [5.74, 6) is -0.103. The van der Waals surface area contributed by atoms with Crippen LogP contribution in [0.15, 0.2) is 42.7 Å². The lowest BCUT2D eigenvalue weighted by atomic mass is 10.2. The molecule has 0 spiro atoms. The second kappa shape index (κ2) is 6.83. The predicted molar refractivity (Wildman–Crippen MR) is 81.1 cm³/mol. The summed E-state index contributed by atoms with van der Waals surface area (Å²) < 4.78 is 13.1. The van der Waals surface area contributed by atoms with Gasteiger partial charge in [-0.25, -0.2) is 4.39 Å². The third-order valence-corrected chi connectivity index (χ3v) is 2.78. The fourth-order valence-corrected chi connectivity index (χ4v) is 1.76. The number of nitrogens with one attached hydrogen (secondary N) is 2. The Morgan fingerprint density at radius 2 is 2.05 bits per heavy atom. The molecule has 0 unspecified atom stereocenters. The first kappa shape index (κ1) is 15.0. The van der Waals surface area contributed by atoms with Crippen molar-refractivity contribution in [2.75, 3.05) is 11.9 Å². The molecule has 0 radical (unpaired) electrons. The monoisotopic (exact) mass is 287 g/mol. The van der Waals surface area contributed by atoms with Crippen LogP contribution in [-0.4, -0.2) is 17.4 Å². The lowest BCUT2D eigenvalue weighted by molar-refractivity contribution is 0.0948. The molecule has 1 aromatic carbocycles. The van der Waals surface area contributed by atoms with Crippen LogP contribution in [0.3, 0.4) is 0 Å². The van der Waals surface area contributed by atoms with E-state index in [9.17, 15) is 9.18 Å². The van der Waals surface area contributed by atoms with Crippen LogP contribution in [0.5, 0.6) is 0 Å². The molecule has 1 heterocycles. The fourth-order valence-electron chi connectivity index (χ4n) is 1.76. The Bertz CT molecular complexity index is 628. The van der Waals surface area contributed by atoms with Gasteiger partial charge in [-0.2, -0.15) is 0 Å². The van der Waals surface area contributed by atoms with E-state index in [0.717, 1.165) is 0 Å². The maximum Gasteiger partial charge on any atom is 0.252 e. The molecule has 0 saturated heterocycles. The van der Waals surface area contributed by atoms with E-state index in [-0.39, 0.29) is 11.7 Å². The SMILES string of the molecule is CC(C)CNC(=O)c1cncc(Nc2cccc(F)c2)c1. The van der Waals surface area contributed by atoms with Gasteiger partial charge in [0.2, 0.25) is 0 Å². The molecule has 5 heteroatoms. The summed E-state index contributed by atoms with van der Waals surface area (Å²) in [6, 6.07) is 7.80. The Morgan fingerprint density at radius 3 is 2.76 bits per heavy atom. The van der Waals surface area contributed by atoms with Gasteiger partial charge in [-0.1, -0.05) is 19.9 Å². The number of nitrogens with zero attached hydrogens (tertiary/aromatic N) is 1. The molecule has 1 amide bonds. The molecule has 2 rings (SSSR count). The van der Waals surface area contributed by atoms with Crippen molar-refractivity contribution in [1.29, 1.82) is 0 Å².